The highest BCUT2D eigenvalue weighted by Crippen LogP contribution is 2.29. The van der Waals surface area contributed by atoms with E-state index in [1.165, 1.54) is 43.0 Å². The van der Waals surface area contributed by atoms with Crippen molar-refractivity contribution in [3.63, 3.8) is 0 Å². The van der Waals surface area contributed by atoms with Gasteiger partial charge in [0, 0.05) is 41.8 Å². The Morgan fingerprint density at radius 1 is 1.12 bits per heavy atom. The number of nitrogens with zero attached hydrogens (tertiary/aromatic N) is 1. The molecule has 1 atom stereocenters. The Balaban J connectivity index is 1.57. The molecule has 2 heterocycles. The van der Waals surface area contributed by atoms with Crippen molar-refractivity contribution in [3.05, 3.63) is 36.0 Å². The molecule has 0 spiro atoms. The second-order valence-corrected chi connectivity index (χ2v) is 7.91. The average molecular weight is 342 g/mol. The van der Waals surface area contributed by atoms with Crippen molar-refractivity contribution >= 4 is 33.0 Å². The van der Waals surface area contributed by atoms with E-state index >= 15 is 0 Å². The lowest BCUT2D eigenvalue weighted by atomic mass is 9.89. The zero-order chi connectivity index (χ0) is 16.5. The van der Waals surface area contributed by atoms with E-state index in [-0.39, 0.29) is 10.4 Å². The lowest BCUT2D eigenvalue weighted by molar-refractivity contribution is -0.112. The number of benzene rings is 1. The summed E-state index contributed by atoms with van der Waals surface area (Å²) in [6.07, 6.45) is 9.51. The van der Waals surface area contributed by atoms with Gasteiger partial charge < -0.3 is 9.88 Å². The molecule has 2 fully saturated rings. The molecule has 1 aliphatic heterocycles. The Kier molecular flexibility index (Phi) is 4.35. The highest BCUT2D eigenvalue weighted by Gasteiger charge is 2.31. The third kappa shape index (κ3) is 3.09. The van der Waals surface area contributed by atoms with Crippen LogP contribution in [0.5, 0.6) is 0 Å². The predicted octanol–water partition coefficient (Wildman–Crippen LogP) is 4.12. The molecular formula is C19H22N2O2S. The molecule has 4 nitrogen and oxygen atoms in total. The van der Waals surface area contributed by atoms with Gasteiger partial charge in [-0.15, -0.1) is 0 Å². The molecule has 1 N–H and O–H groups in total. The van der Waals surface area contributed by atoms with E-state index in [0.29, 0.717) is 6.42 Å². The summed E-state index contributed by atoms with van der Waals surface area (Å²) in [6, 6.07) is 8.04. The van der Waals surface area contributed by atoms with Gasteiger partial charge in [-0.3, -0.25) is 9.59 Å². The molecule has 1 unspecified atom stereocenters. The molecule has 0 radical (unpaired) electrons. The van der Waals surface area contributed by atoms with Crippen LogP contribution in [-0.2, 0) is 17.8 Å². The summed E-state index contributed by atoms with van der Waals surface area (Å²) < 4.78 is 2.36. The first-order valence-corrected chi connectivity index (χ1v) is 9.61. The van der Waals surface area contributed by atoms with Gasteiger partial charge in [0.1, 0.15) is 6.04 Å². The first-order chi connectivity index (χ1) is 11.7. The fourth-order valence-electron chi connectivity index (χ4n) is 4.02. The van der Waals surface area contributed by atoms with Gasteiger partial charge in [0.15, 0.2) is 0 Å². The average Bonchev–Trinajstić information content (AvgIpc) is 3.13. The smallest absolute Gasteiger partial charge is 0.287 e. The second kappa shape index (κ2) is 6.63. The second-order valence-electron chi connectivity index (χ2n) is 6.93. The number of rotatable bonds is 4. The Labute approximate surface area is 146 Å². The number of hydrogen-bond acceptors (Lipinski definition) is 3. The predicted molar refractivity (Wildman–Crippen MR) is 97.1 cm³/mol. The van der Waals surface area contributed by atoms with E-state index in [0.717, 1.165) is 29.8 Å². The zero-order valence-electron chi connectivity index (χ0n) is 13.7. The molecule has 1 aromatic carbocycles. The van der Waals surface area contributed by atoms with Crippen LogP contribution in [-0.4, -0.2) is 21.0 Å². The van der Waals surface area contributed by atoms with E-state index in [4.69, 9.17) is 0 Å². The van der Waals surface area contributed by atoms with Gasteiger partial charge in [-0.25, -0.2) is 0 Å². The molecule has 5 heteroatoms. The number of nitrogens with one attached hydrogen (secondary N) is 1. The van der Waals surface area contributed by atoms with Gasteiger partial charge in [0.2, 0.25) is 5.12 Å². The largest absolute Gasteiger partial charge is 0.347 e. The number of carbonyl (C=O) groups excluding carboxylic acids is 2. The van der Waals surface area contributed by atoms with Crippen LogP contribution in [0.15, 0.2) is 30.5 Å². The topological polar surface area (TPSA) is 51.1 Å². The van der Waals surface area contributed by atoms with E-state index in [9.17, 15) is 9.59 Å². The van der Waals surface area contributed by atoms with Crippen LogP contribution in [0.1, 0.15) is 37.7 Å². The minimum absolute atomic E-state index is 0.0707. The SMILES string of the molecule is O=C1NC(Cc2cccc3c2ccn3CC2CCCCC2)C(=O)S1. The van der Waals surface area contributed by atoms with Crippen molar-refractivity contribution in [2.24, 2.45) is 5.92 Å². The Hall–Kier alpha value is -1.75. The van der Waals surface area contributed by atoms with Crippen molar-refractivity contribution < 1.29 is 9.59 Å². The molecule has 1 aliphatic carbocycles. The van der Waals surface area contributed by atoms with Gasteiger partial charge in [-0.1, -0.05) is 31.4 Å². The summed E-state index contributed by atoms with van der Waals surface area (Å²) in [6.45, 7) is 1.09. The lowest BCUT2D eigenvalue weighted by Gasteiger charge is -2.22. The molecule has 4 rings (SSSR count). The first-order valence-electron chi connectivity index (χ1n) is 8.79. The van der Waals surface area contributed by atoms with Crippen molar-refractivity contribution in [3.8, 4) is 0 Å². The lowest BCUT2D eigenvalue weighted by Crippen LogP contribution is -2.30. The van der Waals surface area contributed by atoms with E-state index < -0.39 is 6.04 Å². The normalized spacial score (nSPS) is 22.2. The fourth-order valence-corrected chi connectivity index (χ4v) is 4.69. The van der Waals surface area contributed by atoms with Crippen LogP contribution >= 0.6 is 11.8 Å². The summed E-state index contributed by atoms with van der Waals surface area (Å²) in [5.74, 6) is 0.783. The number of amides is 1. The Morgan fingerprint density at radius 3 is 2.71 bits per heavy atom. The van der Waals surface area contributed by atoms with Gasteiger partial charge in [-0.05, 0) is 36.5 Å². The summed E-state index contributed by atoms with van der Waals surface area (Å²) in [5.41, 5.74) is 2.37. The van der Waals surface area contributed by atoms with Crippen LogP contribution in [0.4, 0.5) is 4.79 Å². The van der Waals surface area contributed by atoms with Gasteiger partial charge in [0.25, 0.3) is 5.24 Å². The maximum absolute atomic E-state index is 11.9. The van der Waals surface area contributed by atoms with E-state index in [1.54, 1.807) is 0 Å². The molecule has 1 amide bonds. The van der Waals surface area contributed by atoms with Crippen LogP contribution in [0.2, 0.25) is 0 Å². The number of aromatic nitrogens is 1. The van der Waals surface area contributed by atoms with Crippen LogP contribution in [0.25, 0.3) is 10.9 Å². The van der Waals surface area contributed by atoms with Crippen molar-refractivity contribution in [1.82, 2.24) is 9.88 Å². The standard InChI is InChI=1S/C19H22N2O2S/c22-18-16(20-19(23)24-18)11-14-7-4-8-17-15(14)9-10-21(17)12-13-5-2-1-3-6-13/h4,7-10,13,16H,1-3,5-6,11-12H2,(H,20,23). The summed E-state index contributed by atoms with van der Waals surface area (Å²) in [7, 11) is 0. The van der Waals surface area contributed by atoms with Crippen molar-refractivity contribution in [2.75, 3.05) is 0 Å². The first kappa shape index (κ1) is 15.8. The number of thioether (sulfide) groups is 1. The third-order valence-electron chi connectivity index (χ3n) is 5.28. The molecule has 1 saturated heterocycles. The highest BCUT2D eigenvalue weighted by molar-refractivity contribution is 8.26. The number of fused-ring (bicyclic) bond motifs is 1. The van der Waals surface area contributed by atoms with E-state index in [2.05, 4.69) is 40.3 Å². The molecule has 2 aliphatic rings. The molecule has 0 bridgehead atoms. The van der Waals surface area contributed by atoms with Gasteiger partial charge >= 0.3 is 0 Å². The maximum Gasteiger partial charge on any atom is 0.287 e. The molecule has 1 saturated carbocycles. The summed E-state index contributed by atoms with van der Waals surface area (Å²) in [5, 5.41) is 3.66. The van der Waals surface area contributed by atoms with Gasteiger partial charge in [0.05, 0.1) is 0 Å². The molecular weight excluding hydrogens is 320 g/mol. The van der Waals surface area contributed by atoms with Gasteiger partial charge in [-0.2, -0.15) is 0 Å². The number of carbonyl (C=O) groups is 2. The fraction of sp³-hybridized carbons (Fsp3) is 0.474. The molecule has 2 aromatic rings. The number of hydrogen-bond donors (Lipinski definition) is 1. The van der Waals surface area contributed by atoms with E-state index in [1.807, 2.05) is 0 Å². The van der Waals surface area contributed by atoms with Crippen LogP contribution in [0.3, 0.4) is 0 Å². The minimum Gasteiger partial charge on any atom is -0.347 e. The quantitative estimate of drug-likeness (QED) is 0.909. The van der Waals surface area contributed by atoms with Crippen LogP contribution < -0.4 is 5.32 Å². The molecule has 126 valence electrons. The molecule has 1 aromatic heterocycles. The summed E-state index contributed by atoms with van der Waals surface area (Å²) in [4.78, 5) is 23.2. The van der Waals surface area contributed by atoms with Crippen molar-refractivity contribution in [1.29, 1.82) is 0 Å². The third-order valence-corrected chi connectivity index (χ3v) is 6.07. The van der Waals surface area contributed by atoms with Crippen molar-refractivity contribution in [2.45, 2.75) is 51.1 Å². The molecule has 24 heavy (non-hydrogen) atoms. The highest BCUT2D eigenvalue weighted by atomic mass is 32.2. The maximum atomic E-state index is 11.9. The monoisotopic (exact) mass is 342 g/mol. The Morgan fingerprint density at radius 2 is 1.96 bits per heavy atom. The minimum atomic E-state index is -0.394. The zero-order valence-corrected chi connectivity index (χ0v) is 14.5. The summed E-state index contributed by atoms with van der Waals surface area (Å²) >= 11 is 0.788. The van der Waals surface area contributed by atoms with Crippen LogP contribution in [0, 0.1) is 5.92 Å². The Bertz CT molecular complexity index is 777.